The third-order valence-electron chi connectivity index (χ3n) is 2.75. The van der Waals surface area contributed by atoms with Crippen LogP contribution in [0.25, 0.3) is 0 Å². The maximum atomic E-state index is 12.0. The molecule has 1 atom stereocenters. The van der Waals surface area contributed by atoms with Crippen LogP contribution in [0.1, 0.15) is 17.2 Å². The van der Waals surface area contributed by atoms with Crippen LogP contribution in [0, 0.1) is 0 Å². The van der Waals surface area contributed by atoms with Crippen molar-refractivity contribution in [1.82, 2.24) is 9.78 Å². The quantitative estimate of drug-likeness (QED) is 0.904. The number of nitrogens with zero attached hydrogens (tertiary/aromatic N) is 2. The molecule has 0 saturated carbocycles. The fraction of sp³-hybridized carbons (Fsp3) is 0.308. The first-order valence-corrected chi connectivity index (χ1v) is 5.82. The monoisotopic (exact) mass is 267 g/mol. The summed E-state index contributed by atoms with van der Waals surface area (Å²) in [7, 11) is 1.84. The second-order valence-electron chi connectivity index (χ2n) is 4.28. The predicted molar refractivity (Wildman–Crippen MR) is 66.9 cm³/mol. The van der Waals surface area contributed by atoms with Crippen molar-refractivity contribution in [2.24, 2.45) is 12.8 Å². The highest BCUT2D eigenvalue weighted by Gasteiger charge is 2.10. The highest BCUT2D eigenvalue weighted by molar-refractivity contribution is 5.30. The summed E-state index contributed by atoms with van der Waals surface area (Å²) >= 11 is 0. The van der Waals surface area contributed by atoms with Crippen LogP contribution >= 0.6 is 0 Å². The smallest absolute Gasteiger partial charge is 0.387 e. The lowest BCUT2D eigenvalue weighted by molar-refractivity contribution is -0.0498. The van der Waals surface area contributed by atoms with Crippen LogP contribution in [-0.2, 0) is 13.5 Å². The zero-order valence-corrected chi connectivity index (χ0v) is 10.5. The van der Waals surface area contributed by atoms with Gasteiger partial charge in [0, 0.05) is 19.3 Å². The minimum atomic E-state index is -2.81. The van der Waals surface area contributed by atoms with Gasteiger partial charge in [-0.25, -0.2) is 0 Å². The molecule has 0 saturated heterocycles. The first-order chi connectivity index (χ1) is 9.04. The van der Waals surface area contributed by atoms with E-state index in [0.29, 0.717) is 6.42 Å². The average Bonchev–Trinajstić information content (AvgIpc) is 2.75. The van der Waals surface area contributed by atoms with Crippen LogP contribution in [0.2, 0.25) is 0 Å². The molecule has 0 aliphatic heterocycles. The highest BCUT2D eigenvalue weighted by atomic mass is 19.3. The van der Waals surface area contributed by atoms with E-state index in [1.165, 1.54) is 12.1 Å². The molecule has 19 heavy (non-hydrogen) atoms. The van der Waals surface area contributed by atoms with Crippen molar-refractivity contribution < 1.29 is 13.5 Å². The number of ether oxygens (including phenoxy) is 1. The molecule has 2 N–H and O–H groups in total. The molecule has 0 spiro atoms. The summed E-state index contributed by atoms with van der Waals surface area (Å²) in [4.78, 5) is 0. The molecular formula is C13H15F2N3O. The summed E-state index contributed by atoms with van der Waals surface area (Å²) < 4.78 is 30.0. The summed E-state index contributed by atoms with van der Waals surface area (Å²) in [5.74, 6) is 0.132. The van der Waals surface area contributed by atoms with Gasteiger partial charge >= 0.3 is 6.61 Å². The number of aryl methyl sites for hydroxylation is 1. The lowest BCUT2D eigenvalue weighted by Gasteiger charge is -2.12. The largest absolute Gasteiger partial charge is 0.435 e. The normalized spacial score (nSPS) is 12.7. The van der Waals surface area contributed by atoms with Crippen LogP contribution in [0.15, 0.2) is 36.7 Å². The Balaban J connectivity index is 2.01. The number of aromatic nitrogens is 2. The van der Waals surface area contributed by atoms with E-state index in [1.54, 1.807) is 23.0 Å². The maximum Gasteiger partial charge on any atom is 0.387 e. The number of benzene rings is 1. The molecule has 0 aliphatic carbocycles. The van der Waals surface area contributed by atoms with Crippen LogP contribution in [-0.4, -0.2) is 16.4 Å². The molecule has 2 aromatic rings. The Morgan fingerprint density at radius 3 is 2.53 bits per heavy atom. The first kappa shape index (κ1) is 13.5. The van der Waals surface area contributed by atoms with E-state index >= 15 is 0 Å². The molecular weight excluding hydrogens is 252 g/mol. The van der Waals surface area contributed by atoms with Crippen LogP contribution in [0.4, 0.5) is 8.78 Å². The predicted octanol–water partition coefficient (Wildman–Crippen LogP) is 2.26. The van der Waals surface area contributed by atoms with Crippen LogP contribution in [0.3, 0.4) is 0 Å². The van der Waals surface area contributed by atoms with Crippen molar-refractivity contribution in [3.8, 4) is 5.75 Å². The van der Waals surface area contributed by atoms with Gasteiger partial charge in [-0.3, -0.25) is 4.68 Å². The summed E-state index contributed by atoms with van der Waals surface area (Å²) in [6, 6.07) is 6.16. The van der Waals surface area contributed by atoms with Crippen molar-refractivity contribution in [2.75, 3.05) is 0 Å². The summed E-state index contributed by atoms with van der Waals surface area (Å²) in [6.07, 6.45) is 4.30. The number of alkyl halides is 2. The average molecular weight is 267 g/mol. The van der Waals surface area contributed by atoms with E-state index in [1.807, 2.05) is 13.2 Å². The van der Waals surface area contributed by atoms with E-state index in [9.17, 15) is 8.78 Å². The topological polar surface area (TPSA) is 53.1 Å². The molecule has 0 fully saturated rings. The molecule has 1 aromatic heterocycles. The van der Waals surface area contributed by atoms with Crippen molar-refractivity contribution in [3.05, 3.63) is 47.8 Å². The third-order valence-corrected chi connectivity index (χ3v) is 2.75. The van der Waals surface area contributed by atoms with Gasteiger partial charge in [-0.2, -0.15) is 13.9 Å². The van der Waals surface area contributed by atoms with Gasteiger partial charge in [0.2, 0.25) is 0 Å². The minimum absolute atomic E-state index is 0.132. The van der Waals surface area contributed by atoms with Crippen LogP contribution < -0.4 is 10.5 Å². The fourth-order valence-electron chi connectivity index (χ4n) is 1.85. The molecule has 102 valence electrons. The number of hydrogen-bond donors (Lipinski definition) is 1. The summed E-state index contributed by atoms with van der Waals surface area (Å²) in [5, 5.41) is 4.07. The van der Waals surface area contributed by atoms with Crippen molar-refractivity contribution in [2.45, 2.75) is 19.1 Å². The van der Waals surface area contributed by atoms with Crippen molar-refractivity contribution >= 4 is 0 Å². The number of rotatable bonds is 5. The fourth-order valence-corrected chi connectivity index (χ4v) is 1.85. The Morgan fingerprint density at radius 2 is 2.00 bits per heavy atom. The zero-order chi connectivity index (χ0) is 13.8. The standard InChI is InChI=1S/C13H15F2N3O/c1-18-8-9(7-17-18)6-12(16)10-2-4-11(5-3-10)19-13(14)15/h2-5,7-8,12-13H,6,16H2,1H3. The van der Waals surface area contributed by atoms with E-state index in [-0.39, 0.29) is 11.8 Å². The van der Waals surface area contributed by atoms with E-state index in [2.05, 4.69) is 9.84 Å². The molecule has 0 bridgehead atoms. The molecule has 2 rings (SSSR count). The molecule has 1 heterocycles. The van der Waals surface area contributed by atoms with Gasteiger partial charge in [-0.15, -0.1) is 0 Å². The SMILES string of the molecule is Cn1cc(CC(N)c2ccc(OC(F)F)cc2)cn1. The van der Waals surface area contributed by atoms with Gasteiger partial charge in [0.25, 0.3) is 0 Å². The van der Waals surface area contributed by atoms with Gasteiger partial charge in [0.1, 0.15) is 5.75 Å². The Labute approximate surface area is 109 Å². The molecule has 1 unspecified atom stereocenters. The maximum absolute atomic E-state index is 12.0. The van der Waals surface area contributed by atoms with Crippen LogP contribution in [0.5, 0.6) is 5.75 Å². The Kier molecular flexibility index (Phi) is 4.11. The highest BCUT2D eigenvalue weighted by Crippen LogP contribution is 2.20. The Morgan fingerprint density at radius 1 is 1.32 bits per heavy atom. The minimum Gasteiger partial charge on any atom is -0.435 e. The Bertz CT molecular complexity index is 525. The lowest BCUT2D eigenvalue weighted by atomic mass is 10.0. The van der Waals surface area contributed by atoms with Gasteiger partial charge in [0.05, 0.1) is 6.20 Å². The van der Waals surface area contributed by atoms with Crippen molar-refractivity contribution in [1.29, 1.82) is 0 Å². The van der Waals surface area contributed by atoms with E-state index < -0.39 is 6.61 Å². The third kappa shape index (κ3) is 3.75. The Hall–Kier alpha value is -1.95. The molecule has 0 amide bonds. The number of nitrogens with two attached hydrogens (primary N) is 1. The summed E-state index contributed by atoms with van der Waals surface area (Å²) in [6.45, 7) is -2.81. The molecule has 6 heteroatoms. The van der Waals surface area contributed by atoms with E-state index in [4.69, 9.17) is 5.73 Å². The molecule has 1 aromatic carbocycles. The lowest BCUT2D eigenvalue weighted by Crippen LogP contribution is -2.13. The number of halogens is 2. The second kappa shape index (κ2) is 5.79. The van der Waals surface area contributed by atoms with Gasteiger partial charge in [-0.05, 0) is 29.7 Å². The van der Waals surface area contributed by atoms with Crippen molar-refractivity contribution in [3.63, 3.8) is 0 Å². The summed E-state index contributed by atoms with van der Waals surface area (Å²) in [5.41, 5.74) is 7.96. The van der Waals surface area contributed by atoms with Gasteiger partial charge in [-0.1, -0.05) is 12.1 Å². The molecule has 0 aliphatic rings. The molecule has 4 nitrogen and oxygen atoms in total. The van der Waals surface area contributed by atoms with E-state index in [0.717, 1.165) is 11.1 Å². The first-order valence-electron chi connectivity index (χ1n) is 5.82. The van der Waals surface area contributed by atoms with Gasteiger partial charge in [0.15, 0.2) is 0 Å². The number of hydrogen-bond acceptors (Lipinski definition) is 3. The molecule has 0 radical (unpaired) electrons. The second-order valence-corrected chi connectivity index (χ2v) is 4.28. The van der Waals surface area contributed by atoms with Gasteiger partial charge < -0.3 is 10.5 Å². The zero-order valence-electron chi connectivity index (χ0n) is 10.5.